The minimum absolute atomic E-state index is 0. The summed E-state index contributed by atoms with van der Waals surface area (Å²) < 4.78 is 0. The summed E-state index contributed by atoms with van der Waals surface area (Å²) >= 11 is 0. The van der Waals surface area contributed by atoms with E-state index in [-0.39, 0.29) is 53.8 Å². The molecule has 0 spiro atoms. The fourth-order valence-electron chi connectivity index (χ4n) is 3.79. The van der Waals surface area contributed by atoms with Crippen LogP contribution in [0.15, 0.2) is 29.3 Å². The summed E-state index contributed by atoms with van der Waals surface area (Å²) in [5.74, 6) is 0.987. The maximum Gasteiger partial charge on any atom is 0.253 e. The van der Waals surface area contributed by atoms with Gasteiger partial charge in [0.05, 0.1) is 0 Å². The average Bonchev–Trinajstić information content (AvgIpc) is 2.72. The van der Waals surface area contributed by atoms with Gasteiger partial charge in [0.2, 0.25) is 5.91 Å². The highest BCUT2D eigenvalue weighted by Gasteiger charge is 2.27. The molecule has 2 unspecified atom stereocenters. The van der Waals surface area contributed by atoms with Crippen LogP contribution in [0.5, 0.6) is 0 Å². The zero-order valence-electron chi connectivity index (χ0n) is 19.4. The topological polar surface area (TPSA) is 85.8 Å². The lowest BCUT2D eigenvalue weighted by Gasteiger charge is -2.30. The molecular formula is C23H38IN5O2. The fraction of sp³-hybridized carbons (Fsp3) is 0.609. The van der Waals surface area contributed by atoms with Crippen molar-refractivity contribution in [1.82, 2.24) is 20.9 Å². The molecule has 2 atom stereocenters. The van der Waals surface area contributed by atoms with Crippen molar-refractivity contribution >= 4 is 41.8 Å². The van der Waals surface area contributed by atoms with E-state index in [0.29, 0.717) is 12.1 Å². The van der Waals surface area contributed by atoms with Gasteiger partial charge >= 0.3 is 0 Å². The lowest BCUT2D eigenvalue weighted by Crippen LogP contribution is -2.47. The number of rotatable bonds is 7. The maximum absolute atomic E-state index is 12.3. The first-order valence-electron chi connectivity index (χ1n) is 10.9. The van der Waals surface area contributed by atoms with E-state index in [2.05, 4.69) is 20.9 Å². The average molecular weight is 543 g/mol. The van der Waals surface area contributed by atoms with Crippen molar-refractivity contribution in [3.63, 3.8) is 0 Å². The minimum atomic E-state index is 0. The van der Waals surface area contributed by atoms with Gasteiger partial charge in [0.25, 0.3) is 5.91 Å². The number of amides is 2. The zero-order valence-corrected chi connectivity index (χ0v) is 21.7. The molecule has 7 nitrogen and oxygen atoms in total. The highest BCUT2D eigenvalue weighted by Crippen LogP contribution is 2.24. The Balaban J connectivity index is 0.00000480. The SMILES string of the molecule is CN=C(NCCc1cccc(C(=O)N(C)C)c1)NC1CCCC(C(=O)NC(C)C)C1.I. The molecule has 0 radical (unpaired) electrons. The molecule has 0 aliphatic heterocycles. The second kappa shape index (κ2) is 13.5. The summed E-state index contributed by atoms with van der Waals surface area (Å²) in [7, 11) is 5.28. The zero-order chi connectivity index (χ0) is 22.1. The summed E-state index contributed by atoms with van der Waals surface area (Å²) in [5.41, 5.74) is 1.81. The third-order valence-electron chi connectivity index (χ3n) is 5.33. The summed E-state index contributed by atoms with van der Waals surface area (Å²) in [6.07, 6.45) is 4.65. The Morgan fingerprint density at radius 1 is 1.23 bits per heavy atom. The van der Waals surface area contributed by atoms with Crippen molar-refractivity contribution in [2.75, 3.05) is 27.7 Å². The molecule has 1 aliphatic carbocycles. The molecule has 2 amide bonds. The molecule has 3 N–H and O–H groups in total. The first-order chi connectivity index (χ1) is 14.3. The van der Waals surface area contributed by atoms with E-state index in [0.717, 1.165) is 43.6 Å². The van der Waals surface area contributed by atoms with Gasteiger partial charge in [-0.05, 0) is 57.2 Å². The molecule has 0 heterocycles. The Labute approximate surface area is 203 Å². The van der Waals surface area contributed by atoms with Gasteiger partial charge in [-0.3, -0.25) is 14.6 Å². The van der Waals surface area contributed by atoms with Gasteiger partial charge in [-0.2, -0.15) is 0 Å². The van der Waals surface area contributed by atoms with E-state index in [9.17, 15) is 9.59 Å². The number of hydrogen-bond donors (Lipinski definition) is 3. The Morgan fingerprint density at radius 3 is 2.61 bits per heavy atom. The smallest absolute Gasteiger partial charge is 0.253 e. The molecular weight excluding hydrogens is 505 g/mol. The Kier molecular flexibility index (Phi) is 11.9. The van der Waals surface area contributed by atoms with E-state index in [1.165, 1.54) is 0 Å². The summed E-state index contributed by atoms with van der Waals surface area (Å²) in [5, 5.41) is 9.86. The van der Waals surface area contributed by atoms with Crippen LogP contribution in [0.2, 0.25) is 0 Å². The van der Waals surface area contributed by atoms with Gasteiger partial charge in [-0.15, -0.1) is 24.0 Å². The Morgan fingerprint density at radius 2 is 1.97 bits per heavy atom. The normalized spacial score (nSPS) is 18.7. The number of nitrogens with zero attached hydrogens (tertiary/aromatic N) is 2. The number of halogens is 1. The largest absolute Gasteiger partial charge is 0.356 e. The molecule has 31 heavy (non-hydrogen) atoms. The molecule has 1 aromatic rings. The van der Waals surface area contributed by atoms with Crippen LogP contribution < -0.4 is 16.0 Å². The van der Waals surface area contributed by atoms with Crippen molar-refractivity contribution in [3.05, 3.63) is 35.4 Å². The maximum atomic E-state index is 12.3. The van der Waals surface area contributed by atoms with Crippen molar-refractivity contribution in [1.29, 1.82) is 0 Å². The van der Waals surface area contributed by atoms with Crippen LogP contribution in [0.4, 0.5) is 0 Å². The van der Waals surface area contributed by atoms with Gasteiger partial charge in [0.15, 0.2) is 5.96 Å². The van der Waals surface area contributed by atoms with Crippen molar-refractivity contribution in [2.45, 2.75) is 58.0 Å². The van der Waals surface area contributed by atoms with Gasteiger partial charge in [0, 0.05) is 51.3 Å². The first kappa shape index (κ1) is 27.2. The monoisotopic (exact) mass is 543 g/mol. The van der Waals surface area contributed by atoms with Crippen LogP contribution >= 0.6 is 24.0 Å². The van der Waals surface area contributed by atoms with Crippen molar-refractivity contribution < 1.29 is 9.59 Å². The highest BCUT2D eigenvalue weighted by atomic mass is 127. The Bertz CT molecular complexity index is 751. The van der Waals surface area contributed by atoms with Gasteiger partial charge in [-0.1, -0.05) is 18.6 Å². The van der Waals surface area contributed by atoms with Crippen LogP contribution in [0, 0.1) is 5.92 Å². The van der Waals surface area contributed by atoms with Crippen LogP contribution in [-0.2, 0) is 11.2 Å². The molecule has 1 aromatic carbocycles. The molecule has 0 saturated heterocycles. The third-order valence-corrected chi connectivity index (χ3v) is 5.33. The van der Waals surface area contributed by atoms with Crippen molar-refractivity contribution in [3.8, 4) is 0 Å². The van der Waals surface area contributed by atoms with Gasteiger partial charge in [0.1, 0.15) is 0 Å². The molecule has 2 rings (SSSR count). The number of carbonyl (C=O) groups is 2. The van der Waals surface area contributed by atoms with E-state index >= 15 is 0 Å². The molecule has 1 saturated carbocycles. The number of nitrogens with one attached hydrogen (secondary N) is 3. The first-order valence-corrected chi connectivity index (χ1v) is 10.9. The van der Waals surface area contributed by atoms with Crippen LogP contribution in [-0.4, -0.2) is 62.4 Å². The van der Waals surface area contributed by atoms with Crippen LogP contribution in [0.25, 0.3) is 0 Å². The van der Waals surface area contributed by atoms with E-state index in [1.807, 2.05) is 38.1 Å². The second-order valence-electron chi connectivity index (χ2n) is 8.52. The summed E-state index contributed by atoms with van der Waals surface area (Å²) in [4.78, 5) is 30.4. The molecule has 174 valence electrons. The highest BCUT2D eigenvalue weighted by molar-refractivity contribution is 14.0. The summed E-state index contributed by atoms with van der Waals surface area (Å²) in [6.45, 7) is 4.70. The van der Waals surface area contributed by atoms with Gasteiger partial charge < -0.3 is 20.9 Å². The molecule has 8 heteroatoms. The van der Waals surface area contributed by atoms with E-state index in [1.54, 1.807) is 26.0 Å². The standard InChI is InChI=1S/C23H37N5O2.HI/c1-16(2)26-21(29)18-9-7-11-20(15-18)27-23(24-3)25-13-12-17-8-6-10-19(14-17)22(30)28(4)5;/h6,8,10,14,16,18,20H,7,9,11-13,15H2,1-5H3,(H,26,29)(H2,24,25,27);1H. The molecule has 1 fully saturated rings. The van der Waals surface area contributed by atoms with Crippen molar-refractivity contribution in [2.24, 2.45) is 10.9 Å². The van der Waals surface area contributed by atoms with Gasteiger partial charge in [-0.25, -0.2) is 0 Å². The predicted octanol–water partition coefficient (Wildman–Crippen LogP) is 2.80. The van der Waals surface area contributed by atoms with Crippen LogP contribution in [0.1, 0.15) is 55.5 Å². The predicted molar refractivity (Wildman–Crippen MR) is 137 cm³/mol. The third kappa shape index (κ3) is 9.04. The number of hydrogen-bond acceptors (Lipinski definition) is 3. The number of benzene rings is 1. The molecule has 0 aromatic heterocycles. The molecule has 0 bridgehead atoms. The molecule has 1 aliphatic rings. The quantitative estimate of drug-likeness (QED) is 0.281. The summed E-state index contributed by atoms with van der Waals surface area (Å²) in [6, 6.07) is 8.15. The Hall–Kier alpha value is -1.84. The van der Waals surface area contributed by atoms with E-state index in [4.69, 9.17) is 0 Å². The fourth-order valence-corrected chi connectivity index (χ4v) is 3.79. The number of aliphatic imine (C=N–C) groups is 1. The van der Waals surface area contributed by atoms with E-state index < -0.39 is 0 Å². The lowest BCUT2D eigenvalue weighted by atomic mass is 9.85. The van der Waals surface area contributed by atoms with Crippen LogP contribution in [0.3, 0.4) is 0 Å². The number of carbonyl (C=O) groups excluding carboxylic acids is 2. The minimum Gasteiger partial charge on any atom is -0.356 e. The lowest BCUT2D eigenvalue weighted by molar-refractivity contribution is -0.126. The number of guanidine groups is 1. The second-order valence-corrected chi connectivity index (χ2v) is 8.52.